The number of anilines is 1. The number of imidazole rings is 1. The van der Waals surface area contributed by atoms with E-state index in [9.17, 15) is 4.39 Å². The summed E-state index contributed by atoms with van der Waals surface area (Å²) in [6.45, 7) is 0.216. The first kappa shape index (κ1) is 24.5. The van der Waals surface area contributed by atoms with Crippen LogP contribution in [-0.4, -0.2) is 24.3 Å². The second-order valence-corrected chi connectivity index (χ2v) is 10.2. The van der Waals surface area contributed by atoms with E-state index >= 15 is 0 Å². The zero-order valence-corrected chi connectivity index (χ0v) is 22.5. The van der Waals surface area contributed by atoms with Gasteiger partial charge in [0.2, 0.25) is 0 Å². The predicted molar refractivity (Wildman–Crippen MR) is 150 cm³/mol. The lowest BCUT2D eigenvalue weighted by molar-refractivity contribution is 0.301. The van der Waals surface area contributed by atoms with Crippen LogP contribution in [0.2, 0.25) is 0 Å². The predicted octanol–water partition coefficient (Wildman–Crippen LogP) is 6.54. The van der Waals surface area contributed by atoms with Crippen LogP contribution in [0.25, 0.3) is 16.8 Å². The second-order valence-electron chi connectivity index (χ2n) is 9.23. The molecule has 6 rings (SSSR count). The zero-order chi connectivity index (χ0) is 26.1. The molecule has 0 saturated heterocycles. The third-order valence-corrected chi connectivity index (χ3v) is 7.18. The van der Waals surface area contributed by atoms with Gasteiger partial charge in [-0.1, -0.05) is 12.8 Å². The fourth-order valence-corrected chi connectivity index (χ4v) is 5.12. The molecule has 1 aliphatic carbocycles. The van der Waals surface area contributed by atoms with Gasteiger partial charge < -0.3 is 15.2 Å². The van der Waals surface area contributed by atoms with E-state index in [1.54, 1.807) is 24.7 Å². The molecular formula is C28H24FIN6O2. The van der Waals surface area contributed by atoms with E-state index in [4.69, 9.17) is 20.2 Å². The third-order valence-electron chi connectivity index (χ3n) is 6.62. The minimum absolute atomic E-state index is 0.216. The number of nitrogen functional groups attached to an aromatic ring is 1. The second kappa shape index (κ2) is 10.5. The Morgan fingerprint density at radius 3 is 2.47 bits per heavy atom. The van der Waals surface area contributed by atoms with Crippen molar-refractivity contribution in [3.63, 3.8) is 0 Å². The topological polar surface area (TPSA) is 100 Å². The van der Waals surface area contributed by atoms with Gasteiger partial charge in [0.1, 0.15) is 52.5 Å². The maximum absolute atomic E-state index is 14.3. The van der Waals surface area contributed by atoms with Crippen molar-refractivity contribution >= 4 is 33.9 Å². The molecule has 5 aromatic rings. The molecule has 2 N–H and O–H groups in total. The van der Waals surface area contributed by atoms with Crippen LogP contribution in [0, 0.1) is 9.65 Å². The van der Waals surface area contributed by atoms with Crippen molar-refractivity contribution < 1.29 is 13.9 Å². The van der Waals surface area contributed by atoms with Gasteiger partial charge in [-0.2, -0.15) is 0 Å². The molecule has 1 fully saturated rings. The molecule has 0 bridgehead atoms. The monoisotopic (exact) mass is 622 g/mol. The van der Waals surface area contributed by atoms with Crippen LogP contribution < -0.4 is 15.2 Å². The molecule has 1 aliphatic rings. The molecule has 8 nitrogen and oxygen atoms in total. The quantitative estimate of drug-likeness (QED) is 0.163. The number of aromatic nitrogens is 5. The number of ether oxygens (including phenoxy) is 2. The minimum atomic E-state index is -0.458. The Balaban J connectivity index is 1.22. The van der Waals surface area contributed by atoms with Crippen molar-refractivity contribution in [3.05, 3.63) is 88.3 Å². The van der Waals surface area contributed by atoms with E-state index in [0.29, 0.717) is 32.8 Å². The highest BCUT2D eigenvalue weighted by Crippen LogP contribution is 2.38. The van der Waals surface area contributed by atoms with Gasteiger partial charge in [0.15, 0.2) is 3.83 Å². The van der Waals surface area contributed by atoms with Crippen LogP contribution in [0.5, 0.6) is 17.2 Å². The first-order valence-corrected chi connectivity index (χ1v) is 13.4. The fourth-order valence-electron chi connectivity index (χ4n) is 4.84. The number of benzene rings is 2. The Morgan fingerprint density at radius 2 is 1.71 bits per heavy atom. The summed E-state index contributed by atoms with van der Waals surface area (Å²) >= 11 is 2.03. The van der Waals surface area contributed by atoms with Crippen LogP contribution in [0.4, 0.5) is 10.2 Å². The first-order valence-electron chi connectivity index (χ1n) is 12.3. The van der Waals surface area contributed by atoms with Crippen molar-refractivity contribution in [2.75, 3.05) is 5.73 Å². The van der Waals surface area contributed by atoms with E-state index in [0.717, 1.165) is 41.0 Å². The summed E-state index contributed by atoms with van der Waals surface area (Å²) < 4.78 is 28.7. The van der Waals surface area contributed by atoms with Gasteiger partial charge in [-0.3, -0.25) is 4.40 Å². The third kappa shape index (κ3) is 5.13. The minimum Gasteiger partial charge on any atom is -0.489 e. The SMILES string of the molecule is Nc1nccn2c(C3CCCC3)nc(-c3ccc(Oc4cc(F)cc(OCc5cnc(I)nc5)c4)cc3)c12. The highest BCUT2D eigenvalue weighted by atomic mass is 127. The summed E-state index contributed by atoms with van der Waals surface area (Å²) in [6.07, 6.45) is 11.7. The molecule has 0 amide bonds. The average Bonchev–Trinajstić information content (AvgIpc) is 3.58. The summed E-state index contributed by atoms with van der Waals surface area (Å²) in [7, 11) is 0. The zero-order valence-electron chi connectivity index (χ0n) is 20.3. The van der Waals surface area contributed by atoms with E-state index in [2.05, 4.69) is 19.4 Å². The summed E-state index contributed by atoms with van der Waals surface area (Å²) in [5.74, 6) is 2.68. The molecule has 0 radical (unpaired) electrons. The Labute approximate surface area is 232 Å². The number of hydrogen-bond acceptors (Lipinski definition) is 7. The summed E-state index contributed by atoms with van der Waals surface area (Å²) in [5, 5.41) is 0. The van der Waals surface area contributed by atoms with Gasteiger partial charge in [0.05, 0.1) is 0 Å². The molecule has 3 aromatic heterocycles. The molecule has 1 saturated carbocycles. The standard InChI is InChI=1S/C28H24FIN6O2/c29-20-11-22(37-16-17-14-33-28(30)34-15-17)13-23(12-20)38-21-7-5-18(6-8-21)24-25-26(31)32-9-10-36(25)27(35-24)19-3-1-2-4-19/h5-15,19H,1-4,16H2,(H2,31,32). The highest BCUT2D eigenvalue weighted by molar-refractivity contribution is 14.1. The van der Waals surface area contributed by atoms with Crippen LogP contribution in [0.15, 0.2) is 67.3 Å². The molecular weight excluding hydrogens is 598 g/mol. The molecule has 0 atom stereocenters. The molecule has 0 unspecified atom stereocenters. The van der Waals surface area contributed by atoms with E-state index in [-0.39, 0.29) is 6.61 Å². The summed E-state index contributed by atoms with van der Waals surface area (Å²) in [5.41, 5.74) is 9.58. The van der Waals surface area contributed by atoms with Crippen LogP contribution >= 0.6 is 22.6 Å². The number of nitrogens with zero attached hydrogens (tertiary/aromatic N) is 5. The summed E-state index contributed by atoms with van der Waals surface area (Å²) in [6, 6.07) is 11.8. The lowest BCUT2D eigenvalue weighted by atomic mass is 10.1. The van der Waals surface area contributed by atoms with E-state index < -0.39 is 5.82 Å². The maximum Gasteiger partial charge on any atom is 0.190 e. The lowest BCUT2D eigenvalue weighted by Gasteiger charge is -2.10. The van der Waals surface area contributed by atoms with Crippen molar-refractivity contribution in [1.29, 1.82) is 0 Å². The molecule has 2 aromatic carbocycles. The van der Waals surface area contributed by atoms with E-state index in [1.165, 1.54) is 25.0 Å². The Bertz CT molecular complexity index is 1580. The van der Waals surface area contributed by atoms with Gasteiger partial charge in [-0.05, 0) is 37.1 Å². The van der Waals surface area contributed by atoms with Crippen molar-refractivity contribution in [3.8, 4) is 28.5 Å². The molecule has 0 aliphatic heterocycles. The Kier molecular flexibility index (Phi) is 6.79. The van der Waals surface area contributed by atoms with Crippen molar-refractivity contribution in [2.24, 2.45) is 0 Å². The smallest absolute Gasteiger partial charge is 0.190 e. The highest BCUT2D eigenvalue weighted by Gasteiger charge is 2.25. The van der Waals surface area contributed by atoms with Gasteiger partial charge in [0, 0.05) is 82.6 Å². The lowest BCUT2D eigenvalue weighted by Crippen LogP contribution is -2.01. The summed E-state index contributed by atoms with van der Waals surface area (Å²) in [4.78, 5) is 17.6. The molecule has 10 heteroatoms. The number of hydrogen-bond donors (Lipinski definition) is 1. The largest absolute Gasteiger partial charge is 0.489 e. The average molecular weight is 622 g/mol. The number of rotatable bonds is 7. The number of nitrogens with two attached hydrogens (primary N) is 1. The van der Waals surface area contributed by atoms with Gasteiger partial charge in [-0.15, -0.1) is 0 Å². The van der Waals surface area contributed by atoms with Gasteiger partial charge in [-0.25, -0.2) is 24.3 Å². The van der Waals surface area contributed by atoms with E-state index in [1.807, 2.05) is 53.1 Å². The maximum atomic E-state index is 14.3. The fraction of sp³-hybridized carbons (Fsp3) is 0.214. The van der Waals surface area contributed by atoms with Crippen LogP contribution in [0.3, 0.4) is 0 Å². The first-order chi connectivity index (χ1) is 18.5. The number of halogens is 2. The van der Waals surface area contributed by atoms with Crippen molar-refractivity contribution in [2.45, 2.75) is 38.2 Å². The normalized spacial score (nSPS) is 13.7. The Morgan fingerprint density at radius 1 is 0.974 bits per heavy atom. The van der Waals surface area contributed by atoms with Crippen molar-refractivity contribution in [1.82, 2.24) is 24.3 Å². The Hall–Kier alpha value is -3.80. The van der Waals surface area contributed by atoms with Crippen LogP contribution in [-0.2, 0) is 6.61 Å². The molecule has 0 spiro atoms. The van der Waals surface area contributed by atoms with Gasteiger partial charge >= 0.3 is 0 Å². The number of fused-ring (bicyclic) bond motifs is 1. The molecule has 192 valence electrons. The molecule has 3 heterocycles. The molecule has 38 heavy (non-hydrogen) atoms. The van der Waals surface area contributed by atoms with Crippen LogP contribution in [0.1, 0.15) is 43.0 Å². The van der Waals surface area contributed by atoms with Gasteiger partial charge in [0.25, 0.3) is 0 Å².